The van der Waals surface area contributed by atoms with E-state index >= 15 is 0 Å². The molecule has 0 radical (unpaired) electrons. The Bertz CT molecular complexity index is 555. The largest absolute Gasteiger partial charge is 0.414 e. The molecule has 3 atom stereocenters. The lowest BCUT2D eigenvalue weighted by Crippen LogP contribution is -2.53. The molecule has 0 unspecified atom stereocenters. The Kier molecular flexibility index (Phi) is 10.6. The van der Waals surface area contributed by atoms with Crippen molar-refractivity contribution >= 4 is 25.0 Å². The zero-order chi connectivity index (χ0) is 25.3. The van der Waals surface area contributed by atoms with Gasteiger partial charge in [0.15, 0.2) is 25.0 Å². The summed E-state index contributed by atoms with van der Waals surface area (Å²) in [6.07, 6.45) is -0.351. The summed E-state index contributed by atoms with van der Waals surface area (Å²) in [7, 11) is -5.95. The fraction of sp³-hybridized carbons (Fsp3) is 1.00. The second-order valence-corrected chi connectivity index (χ2v) is 28.3. The maximum Gasteiger partial charge on any atom is 0.192 e. The summed E-state index contributed by atoms with van der Waals surface area (Å²) < 4.78 is 20.2. The van der Waals surface area contributed by atoms with Gasteiger partial charge in [0.2, 0.25) is 0 Å². The van der Waals surface area contributed by atoms with E-state index in [0.29, 0.717) is 6.61 Å². The maximum atomic E-state index is 10.3. The minimum Gasteiger partial charge on any atom is -0.414 e. The van der Waals surface area contributed by atoms with Gasteiger partial charge in [-0.2, -0.15) is 0 Å². The van der Waals surface area contributed by atoms with Gasteiger partial charge in [0.05, 0.1) is 25.4 Å². The SMILES string of the molecule is C[C@H]([C@H](CO[Si](C)(C)C(C)(C)C)O[Si](C)(C)C(C)(C)C)[C@@H](CO)O[Si](C)(C)C(C)(C)C. The lowest BCUT2D eigenvalue weighted by atomic mass is 9.99. The van der Waals surface area contributed by atoms with Gasteiger partial charge in [0, 0.05) is 5.92 Å². The molecule has 0 aromatic carbocycles. The molecule has 0 aromatic heterocycles. The fourth-order valence-electron chi connectivity index (χ4n) is 2.46. The van der Waals surface area contributed by atoms with Gasteiger partial charge in [0.1, 0.15) is 0 Å². The number of hydrogen-bond acceptors (Lipinski definition) is 4. The first-order valence-electron chi connectivity index (χ1n) is 12.0. The van der Waals surface area contributed by atoms with Crippen molar-refractivity contribution in [2.45, 2.75) is 136 Å². The highest BCUT2D eigenvalue weighted by molar-refractivity contribution is 6.75. The molecule has 0 aliphatic rings. The molecular formula is C24H56O4Si3. The molecule has 1 N–H and O–H groups in total. The van der Waals surface area contributed by atoms with Crippen LogP contribution in [-0.2, 0) is 13.3 Å². The van der Waals surface area contributed by atoms with Gasteiger partial charge < -0.3 is 18.4 Å². The molecule has 0 aromatic rings. The summed E-state index contributed by atoms with van der Waals surface area (Å²) >= 11 is 0. The number of aliphatic hydroxyl groups is 1. The predicted molar refractivity (Wildman–Crippen MR) is 144 cm³/mol. The topological polar surface area (TPSA) is 47.9 Å². The summed E-state index contributed by atoms with van der Waals surface area (Å²) in [5, 5.41) is 10.7. The van der Waals surface area contributed by atoms with Crippen molar-refractivity contribution in [1.82, 2.24) is 0 Å². The van der Waals surface area contributed by atoms with Crippen LogP contribution in [-0.4, -0.2) is 55.5 Å². The van der Waals surface area contributed by atoms with E-state index in [-0.39, 0.29) is 39.8 Å². The third-order valence-electron chi connectivity index (χ3n) is 8.27. The third-order valence-corrected chi connectivity index (χ3v) is 21.8. The highest BCUT2D eigenvalue weighted by Gasteiger charge is 2.45. The van der Waals surface area contributed by atoms with Crippen molar-refractivity contribution in [3.63, 3.8) is 0 Å². The van der Waals surface area contributed by atoms with Crippen molar-refractivity contribution in [2.24, 2.45) is 5.92 Å². The lowest BCUT2D eigenvalue weighted by molar-refractivity contribution is -0.0147. The average molecular weight is 493 g/mol. The van der Waals surface area contributed by atoms with Gasteiger partial charge in [-0.3, -0.25) is 0 Å². The van der Waals surface area contributed by atoms with Crippen LogP contribution in [0.25, 0.3) is 0 Å². The lowest BCUT2D eigenvalue weighted by Gasteiger charge is -2.46. The molecule has 0 aliphatic carbocycles. The third kappa shape index (κ3) is 8.65. The monoisotopic (exact) mass is 492 g/mol. The predicted octanol–water partition coefficient (Wildman–Crippen LogP) is 7.42. The van der Waals surface area contributed by atoms with Crippen LogP contribution in [0.4, 0.5) is 0 Å². The van der Waals surface area contributed by atoms with Gasteiger partial charge in [-0.1, -0.05) is 69.2 Å². The molecule has 0 bridgehead atoms. The first-order valence-corrected chi connectivity index (χ1v) is 20.7. The van der Waals surface area contributed by atoms with E-state index in [0.717, 1.165) is 0 Å². The highest BCUT2D eigenvalue weighted by Crippen LogP contribution is 2.42. The van der Waals surface area contributed by atoms with Crippen molar-refractivity contribution in [3.05, 3.63) is 0 Å². The van der Waals surface area contributed by atoms with Crippen LogP contribution >= 0.6 is 0 Å². The average Bonchev–Trinajstić information content (AvgIpc) is 2.52. The minimum atomic E-state index is -2.02. The summed E-state index contributed by atoms with van der Waals surface area (Å²) in [6.45, 7) is 36.7. The van der Waals surface area contributed by atoms with Gasteiger partial charge >= 0.3 is 0 Å². The molecule has 0 aliphatic heterocycles. The standard InChI is InChI=1S/C24H56O4Si3/c1-19(20(17-25)27-30(13,14)23(5,6)7)21(28-31(15,16)24(8,9)10)18-26-29(11,12)22(2,3)4/h19-21,25H,17-18H2,1-16H3/t19-,20+,21-/m0/s1. The summed E-state index contributed by atoms with van der Waals surface area (Å²) in [6, 6.07) is 0. The molecule has 0 rings (SSSR count). The Hall–Kier alpha value is 0.491. The molecule has 0 heterocycles. The molecule has 0 spiro atoms. The van der Waals surface area contributed by atoms with Crippen molar-refractivity contribution in [3.8, 4) is 0 Å². The molecule has 0 saturated carbocycles. The molecule has 0 amide bonds. The Morgan fingerprint density at radius 2 is 0.935 bits per heavy atom. The second-order valence-electron chi connectivity index (χ2n) is 13.9. The normalized spacial score (nSPS) is 18.1. The molecule has 0 fully saturated rings. The van der Waals surface area contributed by atoms with Gasteiger partial charge in [-0.15, -0.1) is 0 Å². The zero-order valence-electron chi connectivity index (χ0n) is 23.8. The maximum absolute atomic E-state index is 10.3. The molecule has 0 saturated heterocycles. The van der Waals surface area contributed by atoms with Gasteiger partial charge in [-0.25, -0.2) is 0 Å². The zero-order valence-corrected chi connectivity index (χ0v) is 26.8. The number of rotatable bonds is 10. The smallest absolute Gasteiger partial charge is 0.192 e. The van der Waals surface area contributed by atoms with Crippen LogP contribution in [0.3, 0.4) is 0 Å². The molecular weight excluding hydrogens is 437 g/mol. The van der Waals surface area contributed by atoms with Crippen LogP contribution in [0.1, 0.15) is 69.2 Å². The quantitative estimate of drug-likeness (QED) is 0.322. The van der Waals surface area contributed by atoms with E-state index in [2.05, 4.69) is 109 Å². The summed E-state index contributed by atoms with van der Waals surface area (Å²) in [5.41, 5.74) is 0. The van der Waals surface area contributed by atoms with E-state index in [4.69, 9.17) is 13.3 Å². The minimum absolute atomic E-state index is 0.00509. The van der Waals surface area contributed by atoms with E-state index in [1.54, 1.807) is 0 Å². The molecule has 4 nitrogen and oxygen atoms in total. The Morgan fingerprint density at radius 3 is 1.23 bits per heavy atom. The Labute approximate surface area is 198 Å². The van der Waals surface area contributed by atoms with Gasteiger partial charge in [0.25, 0.3) is 0 Å². The van der Waals surface area contributed by atoms with Crippen LogP contribution in [0.5, 0.6) is 0 Å². The van der Waals surface area contributed by atoms with Crippen LogP contribution in [0.2, 0.25) is 54.4 Å². The van der Waals surface area contributed by atoms with Crippen LogP contribution < -0.4 is 0 Å². The second kappa shape index (κ2) is 10.4. The first kappa shape index (κ1) is 31.5. The van der Waals surface area contributed by atoms with Crippen LogP contribution in [0, 0.1) is 5.92 Å². The van der Waals surface area contributed by atoms with E-state index in [1.165, 1.54) is 0 Å². The molecule has 188 valence electrons. The first-order chi connectivity index (χ1) is 13.4. The summed E-state index contributed by atoms with van der Waals surface area (Å²) in [4.78, 5) is 0. The molecule has 31 heavy (non-hydrogen) atoms. The number of hydrogen-bond donors (Lipinski definition) is 1. The van der Waals surface area contributed by atoms with Crippen molar-refractivity contribution in [2.75, 3.05) is 13.2 Å². The summed E-state index contributed by atoms with van der Waals surface area (Å²) in [5.74, 6) is 0.0398. The number of aliphatic hydroxyl groups excluding tert-OH is 1. The Morgan fingerprint density at radius 1 is 0.613 bits per heavy atom. The highest BCUT2D eigenvalue weighted by atomic mass is 28.4. The van der Waals surface area contributed by atoms with E-state index in [1.807, 2.05) is 0 Å². The van der Waals surface area contributed by atoms with E-state index in [9.17, 15) is 5.11 Å². The fourth-order valence-corrected chi connectivity index (χ4v) is 6.27. The van der Waals surface area contributed by atoms with Crippen molar-refractivity contribution < 1.29 is 18.4 Å². The Balaban J connectivity index is 5.89. The van der Waals surface area contributed by atoms with Crippen LogP contribution in [0.15, 0.2) is 0 Å². The molecule has 7 heteroatoms. The van der Waals surface area contributed by atoms with E-state index < -0.39 is 25.0 Å². The van der Waals surface area contributed by atoms with Gasteiger partial charge in [-0.05, 0) is 54.4 Å². The van der Waals surface area contributed by atoms with Crippen molar-refractivity contribution in [1.29, 1.82) is 0 Å².